The fraction of sp³-hybridized carbons (Fsp3) is 0.455. The van der Waals surface area contributed by atoms with E-state index in [1.54, 1.807) is 6.92 Å². The van der Waals surface area contributed by atoms with Crippen LogP contribution in [0.4, 0.5) is 0 Å². The summed E-state index contributed by atoms with van der Waals surface area (Å²) in [7, 11) is 0. The largest absolute Gasteiger partial charge is 0.490 e. The molecule has 0 aromatic heterocycles. The molecule has 76 valence electrons. The summed E-state index contributed by atoms with van der Waals surface area (Å²) >= 11 is 0. The van der Waals surface area contributed by atoms with Crippen molar-refractivity contribution < 1.29 is 14.6 Å². The SMILES string of the molecule is CC(O)c1ccc2c(c1)OCCCO2. The molecule has 0 fully saturated rings. The van der Waals surface area contributed by atoms with Crippen LogP contribution in [0.3, 0.4) is 0 Å². The Balaban J connectivity index is 2.32. The van der Waals surface area contributed by atoms with Gasteiger partial charge in [0.05, 0.1) is 19.3 Å². The van der Waals surface area contributed by atoms with Crippen LogP contribution < -0.4 is 9.47 Å². The Labute approximate surface area is 83.3 Å². The van der Waals surface area contributed by atoms with Crippen molar-refractivity contribution in [3.8, 4) is 11.5 Å². The predicted molar refractivity (Wildman–Crippen MR) is 52.7 cm³/mol. The van der Waals surface area contributed by atoms with Gasteiger partial charge in [-0.05, 0) is 24.6 Å². The number of benzene rings is 1. The molecule has 1 aliphatic rings. The number of rotatable bonds is 1. The lowest BCUT2D eigenvalue weighted by atomic mass is 10.1. The molecule has 1 heterocycles. The van der Waals surface area contributed by atoms with Crippen LogP contribution >= 0.6 is 0 Å². The molecule has 3 nitrogen and oxygen atoms in total. The van der Waals surface area contributed by atoms with Crippen LogP contribution in [0.5, 0.6) is 11.5 Å². The lowest BCUT2D eigenvalue weighted by molar-refractivity contribution is 0.198. The highest BCUT2D eigenvalue weighted by Gasteiger charge is 2.11. The highest BCUT2D eigenvalue weighted by Crippen LogP contribution is 2.32. The minimum absolute atomic E-state index is 0.466. The molecule has 1 aromatic rings. The van der Waals surface area contributed by atoms with Crippen molar-refractivity contribution in [2.24, 2.45) is 0 Å². The third kappa shape index (κ3) is 1.82. The minimum Gasteiger partial charge on any atom is -0.490 e. The van der Waals surface area contributed by atoms with Gasteiger partial charge in [-0.15, -0.1) is 0 Å². The van der Waals surface area contributed by atoms with Gasteiger partial charge in [0.15, 0.2) is 11.5 Å². The van der Waals surface area contributed by atoms with E-state index in [9.17, 15) is 5.11 Å². The highest BCUT2D eigenvalue weighted by molar-refractivity contribution is 5.43. The molecule has 0 saturated heterocycles. The van der Waals surface area contributed by atoms with Gasteiger partial charge in [0.1, 0.15) is 0 Å². The number of hydrogen-bond donors (Lipinski definition) is 1. The van der Waals surface area contributed by atoms with Crippen LogP contribution in [-0.4, -0.2) is 18.3 Å². The summed E-state index contributed by atoms with van der Waals surface area (Å²) in [6, 6.07) is 5.55. The van der Waals surface area contributed by atoms with Gasteiger partial charge in [0.2, 0.25) is 0 Å². The maximum Gasteiger partial charge on any atom is 0.161 e. The summed E-state index contributed by atoms with van der Waals surface area (Å²) in [6.07, 6.45) is 0.436. The summed E-state index contributed by atoms with van der Waals surface area (Å²) in [4.78, 5) is 0. The van der Waals surface area contributed by atoms with Gasteiger partial charge >= 0.3 is 0 Å². The van der Waals surface area contributed by atoms with Crippen molar-refractivity contribution in [2.45, 2.75) is 19.4 Å². The van der Waals surface area contributed by atoms with Crippen molar-refractivity contribution in [3.05, 3.63) is 23.8 Å². The molecule has 1 aliphatic heterocycles. The second-order valence-electron chi connectivity index (χ2n) is 3.43. The van der Waals surface area contributed by atoms with Crippen molar-refractivity contribution in [1.29, 1.82) is 0 Å². The Morgan fingerprint density at radius 3 is 2.64 bits per heavy atom. The van der Waals surface area contributed by atoms with Gasteiger partial charge in [0.25, 0.3) is 0 Å². The van der Waals surface area contributed by atoms with Crippen LogP contribution in [0.2, 0.25) is 0 Å². The lowest BCUT2D eigenvalue weighted by Gasteiger charge is -2.10. The van der Waals surface area contributed by atoms with Gasteiger partial charge in [-0.2, -0.15) is 0 Å². The average Bonchev–Trinajstić information content (AvgIpc) is 2.41. The first-order valence-electron chi connectivity index (χ1n) is 4.85. The second kappa shape index (κ2) is 3.88. The molecular formula is C11H14O3. The zero-order valence-corrected chi connectivity index (χ0v) is 8.19. The third-order valence-corrected chi connectivity index (χ3v) is 2.25. The summed E-state index contributed by atoms with van der Waals surface area (Å²) in [5.41, 5.74) is 0.856. The Hall–Kier alpha value is -1.22. The zero-order chi connectivity index (χ0) is 9.97. The summed E-state index contributed by atoms with van der Waals surface area (Å²) < 4.78 is 11.0. The lowest BCUT2D eigenvalue weighted by Crippen LogP contribution is -1.97. The summed E-state index contributed by atoms with van der Waals surface area (Å²) in [5, 5.41) is 9.40. The quantitative estimate of drug-likeness (QED) is 0.742. The highest BCUT2D eigenvalue weighted by atomic mass is 16.5. The zero-order valence-electron chi connectivity index (χ0n) is 8.19. The molecule has 1 N–H and O–H groups in total. The van der Waals surface area contributed by atoms with Crippen molar-refractivity contribution in [3.63, 3.8) is 0 Å². The molecule has 0 aliphatic carbocycles. The minimum atomic E-state index is -0.466. The average molecular weight is 194 g/mol. The van der Waals surface area contributed by atoms with Crippen LogP contribution in [0.25, 0.3) is 0 Å². The fourth-order valence-electron chi connectivity index (χ4n) is 1.44. The van der Waals surface area contributed by atoms with E-state index in [-0.39, 0.29) is 0 Å². The molecule has 1 atom stereocenters. The Morgan fingerprint density at radius 2 is 1.93 bits per heavy atom. The van der Waals surface area contributed by atoms with Gasteiger partial charge < -0.3 is 14.6 Å². The number of hydrogen-bond acceptors (Lipinski definition) is 3. The monoisotopic (exact) mass is 194 g/mol. The first-order valence-corrected chi connectivity index (χ1v) is 4.85. The Bertz CT molecular complexity index is 320. The molecule has 2 rings (SSSR count). The second-order valence-corrected chi connectivity index (χ2v) is 3.43. The molecule has 0 bridgehead atoms. The van der Waals surface area contributed by atoms with E-state index in [4.69, 9.17) is 9.47 Å². The maximum absolute atomic E-state index is 9.40. The van der Waals surface area contributed by atoms with Crippen LogP contribution in [0.1, 0.15) is 25.0 Å². The maximum atomic E-state index is 9.40. The van der Waals surface area contributed by atoms with E-state index >= 15 is 0 Å². The molecule has 0 saturated carbocycles. The Kier molecular flexibility index (Phi) is 2.59. The molecule has 1 unspecified atom stereocenters. The van der Waals surface area contributed by atoms with Gasteiger partial charge in [-0.3, -0.25) is 0 Å². The molecule has 1 aromatic carbocycles. The van der Waals surface area contributed by atoms with E-state index in [0.717, 1.165) is 23.5 Å². The van der Waals surface area contributed by atoms with Crippen LogP contribution in [0, 0.1) is 0 Å². The Morgan fingerprint density at radius 1 is 1.21 bits per heavy atom. The number of aliphatic hydroxyl groups is 1. The standard InChI is InChI=1S/C11H14O3/c1-8(12)9-3-4-10-11(7-9)14-6-2-5-13-10/h3-4,7-8,12H,2,5-6H2,1H3. The molecule has 0 spiro atoms. The smallest absolute Gasteiger partial charge is 0.161 e. The third-order valence-electron chi connectivity index (χ3n) is 2.25. The van der Waals surface area contributed by atoms with Crippen molar-refractivity contribution >= 4 is 0 Å². The van der Waals surface area contributed by atoms with Crippen LogP contribution in [-0.2, 0) is 0 Å². The molecule has 3 heteroatoms. The summed E-state index contributed by atoms with van der Waals surface area (Å²) in [6.45, 7) is 3.11. The molecule has 14 heavy (non-hydrogen) atoms. The normalized spacial score (nSPS) is 17.3. The number of ether oxygens (including phenoxy) is 2. The first kappa shape index (κ1) is 9.34. The van der Waals surface area contributed by atoms with Crippen LogP contribution in [0.15, 0.2) is 18.2 Å². The van der Waals surface area contributed by atoms with Crippen molar-refractivity contribution in [2.75, 3.05) is 13.2 Å². The number of fused-ring (bicyclic) bond motifs is 1. The van der Waals surface area contributed by atoms with Gasteiger partial charge in [0, 0.05) is 6.42 Å². The molecule has 0 amide bonds. The van der Waals surface area contributed by atoms with Gasteiger partial charge in [-0.25, -0.2) is 0 Å². The van der Waals surface area contributed by atoms with E-state index in [2.05, 4.69) is 0 Å². The fourth-order valence-corrected chi connectivity index (χ4v) is 1.44. The van der Waals surface area contributed by atoms with Crippen molar-refractivity contribution in [1.82, 2.24) is 0 Å². The predicted octanol–water partition coefficient (Wildman–Crippen LogP) is 1.90. The van der Waals surface area contributed by atoms with E-state index in [0.29, 0.717) is 13.2 Å². The molecule has 0 radical (unpaired) electrons. The van der Waals surface area contributed by atoms with E-state index in [1.807, 2.05) is 18.2 Å². The molecular weight excluding hydrogens is 180 g/mol. The first-order chi connectivity index (χ1) is 6.77. The van der Waals surface area contributed by atoms with E-state index < -0.39 is 6.10 Å². The van der Waals surface area contributed by atoms with Gasteiger partial charge in [-0.1, -0.05) is 6.07 Å². The summed E-state index contributed by atoms with van der Waals surface area (Å²) in [5.74, 6) is 1.51. The number of aliphatic hydroxyl groups excluding tert-OH is 1. The van der Waals surface area contributed by atoms with E-state index in [1.165, 1.54) is 0 Å². The topological polar surface area (TPSA) is 38.7 Å².